The number of carbonyl (C=O) groups is 1. The number of aliphatic hydroxyl groups excluding tert-OH is 6. The van der Waals surface area contributed by atoms with E-state index in [1.165, 1.54) is 24.5 Å². The molecule has 9 heteroatoms. The van der Waals surface area contributed by atoms with Crippen LogP contribution in [0.4, 0.5) is 0 Å². The van der Waals surface area contributed by atoms with Crippen molar-refractivity contribution in [2.45, 2.75) is 30.7 Å². The van der Waals surface area contributed by atoms with Gasteiger partial charge in [0.15, 0.2) is 0 Å². The van der Waals surface area contributed by atoms with Gasteiger partial charge in [-0.25, -0.2) is 4.79 Å². The fraction of sp³-hybridized carbons (Fsp3) is 0.500. The molecule has 0 saturated heterocycles. The summed E-state index contributed by atoms with van der Waals surface area (Å²) < 4.78 is 4.49. The predicted molar refractivity (Wildman–Crippen MR) is 66.8 cm³/mol. The summed E-state index contributed by atoms with van der Waals surface area (Å²) in [5.74, 6) is -1.00. The van der Waals surface area contributed by atoms with Crippen molar-refractivity contribution in [3.63, 3.8) is 0 Å². The first-order valence-electron chi connectivity index (χ1n) is 6.00. The lowest BCUT2D eigenvalue weighted by atomic mass is 10.0. The molecule has 1 aromatic heterocycles. The van der Waals surface area contributed by atoms with Crippen LogP contribution in [0.2, 0.25) is 0 Å². The Bertz CT molecular complexity index is 442. The highest BCUT2D eigenvalue weighted by molar-refractivity contribution is 5.88. The second-order valence-corrected chi connectivity index (χ2v) is 4.26. The number of carbonyl (C=O) groups excluding carboxylic acids is 1. The van der Waals surface area contributed by atoms with Gasteiger partial charge in [-0.05, 0) is 12.1 Å². The summed E-state index contributed by atoms with van der Waals surface area (Å²) in [6, 6.07) is 2.81. The van der Waals surface area contributed by atoms with Gasteiger partial charge in [-0.15, -0.1) is 0 Å². The van der Waals surface area contributed by atoms with Crippen LogP contribution in [0.25, 0.3) is 0 Å². The predicted octanol–water partition coefficient (Wildman–Crippen LogP) is -3.01. The second-order valence-electron chi connectivity index (χ2n) is 4.26. The molecule has 0 amide bonds. The van der Waals surface area contributed by atoms with E-state index >= 15 is 0 Å². The highest BCUT2D eigenvalue weighted by Gasteiger charge is 2.35. The van der Waals surface area contributed by atoms with Gasteiger partial charge in [-0.1, -0.05) is 0 Å². The van der Waals surface area contributed by atoms with E-state index in [1.807, 2.05) is 0 Å². The molecule has 0 aliphatic heterocycles. The standard InChI is InChI=1S/C12H17NO8/c14-5-7(15)8(16)9(17)10(18)12(20)21-11(19)6-2-1-3-13-4-6/h1-4,7-10,12,14-18,20H,5H2/t7-,8-,9-,10-,12?/m1/s1. The largest absolute Gasteiger partial charge is 0.429 e. The monoisotopic (exact) mass is 303 g/mol. The van der Waals surface area contributed by atoms with Gasteiger partial charge < -0.3 is 35.4 Å². The Morgan fingerprint density at radius 1 is 1.14 bits per heavy atom. The summed E-state index contributed by atoms with van der Waals surface area (Å²) in [6.45, 7) is -0.865. The lowest BCUT2D eigenvalue weighted by Gasteiger charge is -2.27. The Labute approximate surface area is 119 Å². The molecule has 118 valence electrons. The van der Waals surface area contributed by atoms with E-state index in [9.17, 15) is 25.2 Å². The number of pyridine rings is 1. The zero-order chi connectivity index (χ0) is 16.0. The summed E-state index contributed by atoms with van der Waals surface area (Å²) in [7, 11) is 0. The third-order valence-corrected chi connectivity index (χ3v) is 2.70. The number of esters is 1. The maximum Gasteiger partial charge on any atom is 0.342 e. The van der Waals surface area contributed by atoms with Gasteiger partial charge in [-0.3, -0.25) is 4.98 Å². The molecule has 0 fully saturated rings. The van der Waals surface area contributed by atoms with Gasteiger partial charge in [0, 0.05) is 12.4 Å². The van der Waals surface area contributed by atoms with Gasteiger partial charge in [0.1, 0.15) is 24.4 Å². The molecule has 5 atom stereocenters. The molecular weight excluding hydrogens is 286 g/mol. The van der Waals surface area contributed by atoms with E-state index in [4.69, 9.17) is 10.2 Å². The van der Waals surface area contributed by atoms with Crippen LogP contribution in [0.1, 0.15) is 10.4 Å². The van der Waals surface area contributed by atoms with Crippen LogP contribution in [0.3, 0.4) is 0 Å². The van der Waals surface area contributed by atoms with Crippen LogP contribution < -0.4 is 0 Å². The van der Waals surface area contributed by atoms with Crippen molar-refractivity contribution in [1.82, 2.24) is 4.98 Å². The molecule has 1 rings (SSSR count). The Kier molecular flexibility index (Phi) is 6.62. The van der Waals surface area contributed by atoms with Crippen LogP contribution in [0, 0.1) is 0 Å². The first-order chi connectivity index (χ1) is 9.88. The topological polar surface area (TPSA) is 161 Å². The molecule has 9 nitrogen and oxygen atoms in total. The maximum absolute atomic E-state index is 11.6. The smallest absolute Gasteiger partial charge is 0.342 e. The normalized spacial score (nSPS) is 18.4. The number of aliphatic hydroxyl groups is 6. The third kappa shape index (κ3) is 4.70. The van der Waals surface area contributed by atoms with E-state index in [0.717, 1.165) is 0 Å². The Balaban J connectivity index is 2.62. The van der Waals surface area contributed by atoms with Gasteiger partial charge >= 0.3 is 5.97 Å². The Morgan fingerprint density at radius 3 is 2.33 bits per heavy atom. The molecule has 6 N–H and O–H groups in total. The minimum Gasteiger partial charge on any atom is -0.429 e. The van der Waals surface area contributed by atoms with E-state index in [0.29, 0.717) is 0 Å². The fourth-order valence-electron chi connectivity index (χ4n) is 1.44. The quantitative estimate of drug-likeness (QED) is 0.228. The lowest BCUT2D eigenvalue weighted by molar-refractivity contribution is -0.191. The summed E-state index contributed by atoms with van der Waals surface area (Å²) in [5, 5.41) is 55.7. The van der Waals surface area contributed by atoms with Crippen molar-refractivity contribution in [1.29, 1.82) is 0 Å². The Hall–Kier alpha value is -1.62. The van der Waals surface area contributed by atoms with Crippen molar-refractivity contribution in [2.75, 3.05) is 6.61 Å². The molecule has 1 unspecified atom stereocenters. The third-order valence-electron chi connectivity index (χ3n) is 2.70. The van der Waals surface area contributed by atoms with Gasteiger partial charge in [0.05, 0.1) is 12.2 Å². The lowest BCUT2D eigenvalue weighted by Crippen LogP contribution is -2.50. The van der Waals surface area contributed by atoms with Crippen LogP contribution in [-0.2, 0) is 4.74 Å². The molecule has 0 saturated carbocycles. The van der Waals surface area contributed by atoms with Crippen molar-refractivity contribution in [2.24, 2.45) is 0 Å². The molecular formula is C12H17NO8. The van der Waals surface area contributed by atoms with Gasteiger partial charge in [-0.2, -0.15) is 0 Å². The number of hydrogen-bond donors (Lipinski definition) is 6. The average Bonchev–Trinajstić information content (AvgIpc) is 2.52. The van der Waals surface area contributed by atoms with E-state index in [-0.39, 0.29) is 5.56 Å². The highest BCUT2D eigenvalue weighted by Crippen LogP contribution is 2.11. The zero-order valence-corrected chi connectivity index (χ0v) is 10.9. The van der Waals surface area contributed by atoms with Crippen molar-refractivity contribution >= 4 is 5.97 Å². The van der Waals surface area contributed by atoms with E-state index < -0.39 is 43.3 Å². The van der Waals surface area contributed by atoms with Crippen LogP contribution in [0.5, 0.6) is 0 Å². The summed E-state index contributed by atoms with van der Waals surface area (Å²) in [4.78, 5) is 15.2. The van der Waals surface area contributed by atoms with Crippen molar-refractivity contribution in [3.05, 3.63) is 30.1 Å². The molecule has 21 heavy (non-hydrogen) atoms. The molecule has 0 aromatic carbocycles. The molecule has 0 aliphatic carbocycles. The fourth-order valence-corrected chi connectivity index (χ4v) is 1.44. The zero-order valence-electron chi connectivity index (χ0n) is 10.9. The number of nitrogens with zero attached hydrogens (tertiary/aromatic N) is 1. The average molecular weight is 303 g/mol. The Morgan fingerprint density at radius 2 is 1.81 bits per heavy atom. The highest BCUT2D eigenvalue weighted by atomic mass is 16.6. The molecule has 1 aromatic rings. The molecule has 0 radical (unpaired) electrons. The number of rotatable bonds is 7. The number of ether oxygens (including phenoxy) is 1. The summed E-state index contributed by atoms with van der Waals surface area (Å²) >= 11 is 0. The minimum absolute atomic E-state index is 0.00850. The minimum atomic E-state index is -2.15. The SMILES string of the molecule is O=C(OC(O)[C@H](O)[C@H](O)[C@H](O)[C@H](O)CO)c1cccnc1. The second kappa shape index (κ2) is 7.98. The van der Waals surface area contributed by atoms with Crippen molar-refractivity contribution < 1.29 is 40.2 Å². The van der Waals surface area contributed by atoms with Crippen LogP contribution >= 0.6 is 0 Å². The summed E-state index contributed by atoms with van der Waals surface area (Å²) in [6.07, 6.45) is -7.34. The number of hydrogen-bond acceptors (Lipinski definition) is 9. The first-order valence-corrected chi connectivity index (χ1v) is 6.00. The van der Waals surface area contributed by atoms with Crippen LogP contribution in [-0.4, -0.2) is 78.9 Å². The first kappa shape index (κ1) is 17.4. The number of aromatic nitrogens is 1. The van der Waals surface area contributed by atoms with E-state index in [2.05, 4.69) is 9.72 Å². The van der Waals surface area contributed by atoms with Crippen molar-refractivity contribution in [3.8, 4) is 0 Å². The maximum atomic E-state index is 11.6. The molecule has 0 spiro atoms. The van der Waals surface area contributed by atoms with Crippen LogP contribution in [0.15, 0.2) is 24.5 Å². The molecule has 0 aliphatic rings. The summed E-state index contributed by atoms with van der Waals surface area (Å²) in [5.41, 5.74) is 0.00850. The van der Waals surface area contributed by atoms with Gasteiger partial charge in [0.2, 0.25) is 6.29 Å². The van der Waals surface area contributed by atoms with E-state index in [1.54, 1.807) is 0 Å². The van der Waals surface area contributed by atoms with Gasteiger partial charge in [0.25, 0.3) is 0 Å². The molecule has 0 bridgehead atoms. The molecule has 1 heterocycles.